The molecule has 0 radical (unpaired) electrons. The van der Waals surface area contributed by atoms with E-state index < -0.39 is 0 Å². The molecular formula is C16H17N3S. The highest BCUT2D eigenvalue weighted by Gasteiger charge is 2.27. The van der Waals surface area contributed by atoms with Crippen LogP contribution in [0.3, 0.4) is 0 Å². The van der Waals surface area contributed by atoms with Crippen LogP contribution in [0.5, 0.6) is 0 Å². The van der Waals surface area contributed by atoms with Gasteiger partial charge in [0.05, 0.1) is 5.69 Å². The molecule has 1 N–H and O–H groups in total. The molecule has 4 rings (SSSR count). The minimum atomic E-state index is 0.440. The number of nitrogens with one attached hydrogen (secondary N) is 1. The molecule has 1 aromatic heterocycles. The molecule has 0 saturated heterocycles. The first-order valence-electron chi connectivity index (χ1n) is 7.07. The summed E-state index contributed by atoms with van der Waals surface area (Å²) < 4.78 is 0. The number of fused-ring (bicyclic) bond motifs is 2. The summed E-state index contributed by atoms with van der Waals surface area (Å²) in [6, 6.07) is 8.72. The van der Waals surface area contributed by atoms with E-state index in [2.05, 4.69) is 29.6 Å². The molecule has 0 atom stereocenters. The molecule has 1 aliphatic carbocycles. The van der Waals surface area contributed by atoms with Gasteiger partial charge in [-0.1, -0.05) is 24.3 Å². The van der Waals surface area contributed by atoms with Crippen LogP contribution >= 0.6 is 11.8 Å². The third-order valence-electron chi connectivity index (χ3n) is 4.25. The SMILES string of the molecule is CNc1nc(C2Cc3ccccc3C2)nc2c1CSC2. The number of nitrogens with zero attached hydrogens (tertiary/aromatic N) is 2. The average molecular weight is 283 g/mol. The summed E-state index contributed by atoms with van der Waals surface area (Å²) in [4.78, 5) is 9.65. The van der Waals surface area contributed by atoms with Gasteiger partial charge in [-0.25, -0.2) is 9.97 Å². The normalized spacial score (nSPS) is 17.1. The molecular weight excluding hydrogens is 266 g/mol. The van der Waals surface area contributed by atoms with Crippen LogP contribution < -0.4 is 5.32 Å². The van der Waals surface area contributed by atoms with Crippen molar-refractivity contribution >= 4 is 17.6 Å². The van der Waals surface area contributed by atoms with E-state index in [9.17, 15) is 0 Å². The molecule has 1 aliphatic heterocycles. The first-order chi connectivity index (χ1) is 9.85. The molecule has 0 saturated carbocycles. The van der Waals surface area contributed by atoms with E-state index in [-0.39, 0.29) is 0 Å². The maximum atomic E-state index is 4.85. The summed E-state index contributed by atoms with van der Waals surface area (Å²) in [6.07, 6.45) is 2.15. The van der Waals surface area contributed by atoms with E-state index in [0.717, 1.165) is 36.0 Å². The second kappa shape index (κ2) is 4.77. The van der Waals surface area contributed by atoms with Gasteiger partial charge in [0.25, 0.3) is 0 Å². The topological polar surface area (TPSA) is 37.8 Å². The third-order valence-corrected chi connectivity index (χ3v) is 5.22. The molecule has 0 unspecified atom stereocenters. The Bertz CT molecular complexity index is 644. The lowest BCUT2D eigenvalue weighted by molar-refractivity contribution is 0.677. The van der Waals surface area contributed by atoms with Gasteiger partial charge in [0, 0.05) is 30.0 Å². The fourth-order valence-electron chi connectivity index (χ4n) is 3.20. The van der Waals surface area contributed by atoms with Crippen molar-refractivity contribution in [2.45, 2.75) is 30.3 Å². The zero-order valence-corrected chi connectivity index (χ0v) is 12.3. The Kier molecular flexibility index (Phi) is 2.91. The molecule has 0 fully saturated rings. The van der Waals surface area contributed by atoms with Gasteiger partial charge in [-0.2, -0.15) is 11.8 Å². The third kappa shape index (κ3) is 1.90. The van der Waals surface area contributed by atoms with E-state index in [0.29, 0.717) is 5.92 Å². The maximum absolute atomic E-state index is 4.85. The number of hydrogen-bond acceptors (Lipinski definition) is 4. The molecule has 0 bridgehead atoms. The Morgan fingerprint density at radius 1 is 1.10 bits per heavy atom. The Morgan fingerprint density at radius 2 is 1.85 bits per heavy atom. The molecule has 1 aromatic carbocycles. The summed E-state index contributed by atoms with van der Waals surface area (Å²) in [6.45, 7) is 0. The van der Waals surface area contributed by atoms with Crippen molar-refractivity contribution in [2.24, 2.45) is 0 Å². The van der Waals surface area contributed by atoms with Crippen LogP contribution in [0.25, 0.3) is 0 Å². The first kappa shape index (κ1) is 12.2. The van der Waals surface area contributed by atoms with Gasteiger partial charge in [0.15, 0.2) is 0 Å². The number of aromatic nitrogens is 2. The summed E-state index contributed by atoms with van der Waals surface area (Å²) in [5, 5.41) is 3.25. The highest BCUT2D eigenvalue weighted by Crippen LogP contribution is 2.37. The fourth-order valence-corrected chi connectivity index (χ4v) is 4.24. The maximum Gasteiger partial charge on any atom is 0.134 e. The highest BCUT2D eigenvalue weighted by molar-refractivity contribution is 7.98. The quantitative estimate of drug-likeness (QED) is 0.919. The zero-order chi connectivity index (χ0) is 13.5. The molecule has 4 heteroatoms. The monoisotopic (exact) mass is 283 g/mol. The lowest BCUT2D eigenvalue weighted by atomic mass is 10.1. The van der Waals surface area contributed by atoms with Crippen molar-refractivity contribution in [3.8, 4) is 0 Å². The van der Waals surface area contributed by atoms with Crippen molar-refractivity contribution in [1.29, 1.82) is 0 Å². The number of benzene rings is 1. The number of anilines is 1. The van der Waals surface area contributed by atoms with Crippen LogP contribution in [0.15, 0.2) is 24.3 Å². The van der Waals surface area contributed by atoms with Crippen LogP contribution in [-0.2, 0) is 24.3 Å². The minimum Gasteiger partial charge on any atom is -0.373 e. The molecule has 2 heterocycles. The number of rotatable bonds is 2. The van der Waals surface area contributed by atoms with Crippen molar-refractivity contribution in [1.82, 2.24) is 9.97 Å². The highest BCUT2D eigenvalue weighted by atomic mass is 32.2. The van der Waals surface area contributed by atoms with Crippen molar-refractivity contribution in [3.63, 3.8) is 0 Å². The van der Waals surface area contributed by atoms with E-state index in [1.807, 2.05) is 18.8 Å². The van der Waals surface area contributed by atoms with Crippen molar-refractivity contribution in [3.05, 3.63) is 52.5 Å². The van der Waals surface area contributed by atoms with Crippen molar-refractivity contribution < 1.29 is 0 Å². The predicted molar refractivity (Wildman–Crippen MR) is 83.2 cm³/mol. The van der Waals surface area contributed by atoms with Crippen LogP contribution in [-0.4, -0.2) is 17.0 Å². The van der Waals surface area contributed by atoms with Crippen LogP contribution in [0.2, 0.25) is 0 Å². The molecule has 102 valence electrons. The van der Waals surface area contributed by atoms with Gasteiger partial charge in [0.1, 0.15) is 11.6 Å². The minimum absolute atomic E-state index is 0.440. The van der Waals surface area contributed by atoms with E-state index >= 15 is 0 Å². The van der Waals surface area contributed by atoms with Gasteiger partial charge in [-0.05, 0) is 24.0 Å². The molecule has 0 spiro atoms. The van der Waals surface area contributed by atoms with E-state index in [1.165, 1.54) is 22.4 Å². The van der Waals surface area contributed by atoms with Crippen molar-refractivity contribution in [2.75, 3.05) is 12.4 Å². The molecule has 2 aliphatic rings. The second-order valence-electron chi connectivity index (χ2n) is 5.47. The zero-order valence-electron chi connectivity index (χ0n) is 11.5. The van der Waals surface area contributed by atoms with Gasteiger partial charge in [-0.3, -0.25) is 0 Å². The smallest absolute Gasteiger partial charge is 0.134 e. The lowest BCUT2D eigenvalue weighted by Gasteiger charge is -2.13. The Morgan fingerprint density at radius 3 is 2.55 bits per heavy atom. The largest absolute Gasteiger partial charge is 0.373 e. The van der Waals surface area contributed by atoms with E-state index in [1.54, 1.807) is 0 Å². The predicted octanol–water partition coefficient (Wildman–Crippen LogP) is 3.15. The first-order valence-corrected chi connectivity index (χ1v) is 8.22. The number of hydrogen-bond donors (Lipinski definition) is 1. The molecule has 0 amide bonds. The van der Waals surface area contributed by atoms with Gasteiger partial charge in [0.2, 0.25) is 0 Å². The fraction of sp³-hybridized carbons (Fsp3) is 0.375. The second-order valence-corrected chi connectivity index (χ2v) is 6.46. The average Bonchev–Trinajstić information content (AvgIpc) is 3.12. The Hall–Kier alpha value is -1.55. The number of thioether (sulfide) groups is 1. The van der Waals surface area contributed by atoms with Gasteiger partial charge in [-0.15, -0.1) is 0 Å². The van der Waals surface area contributed by atoms with Crippen LogP contribution in [0, 0.1) is 0 Å². The summed E-state index contributed by atoms with van der Waals surface area (Å²) in [5.41, 5.74) is 5.46. The summed E-state index contributed by atoms with van der Waals surface area (Å²) in [5.74, 6) is 4.56. The molecule has 2 aromatic rings. The van der Waals surface area contributed by atoms with E-state index in [4.69, 9.17) is 9.97 Å². The van der Waals surface area contributed by atoms with Crippen LogP contribution in [0.4, 0.5) is 5.82 Å². The Balaban J connectivity index is 1.71. The summed E-state index contributed by atoms with van der Waals surface area (Å²) in [7, 11) is 1.96. The molecule has 20 heavy (non-hydrogen) atoms. The molecule has 3 nitrogen and oxygen atoms in total. The summed E-state index contributed by atoms with van der Waals surface area (Å²) >= 11 is 1.93. The lowest BCUT2D eigenvalue weighted by Crippen LogP contribution is -2.10. The van der Waals surface area contributed by atoms with Gasteiger partial charge >= 0.3 is 0 Å². The Labute approximate surface area is 123 Å². The van der Waals surface area contributed by atoms with Gasteiger partial charge < -0.3 is 5.32 Å². The van der Waals surface area contributed by atoms with Crippen LogP contribution in [0.1, 0.15) is 34.1 Å². The standard InChI is InChI=1S/C16H17N3S/c1-17-16-13-8-20-9-14(13)18-15(19-16)12-6-10-4-2-3-5-11(10)7-12/h2-5,12H,6-9H2,1H3,(H,17,18,19).